The van der Waals surface area contributed by atoms with Crippen molar-refractivity contribution in [1.29, 1.82) is 0 Å². The number of carboxylic acids is 1. The number of hydrogen-bond acceptors (Lipinski definition) is 2. The molecule has 1 aromatic rings. The summed E-state index contributed by atoms with van der Waals surface area (Å²) in [5.74, 6) is -1.02. The van der Waals surface area contributed by atoms with E-state index in [9.17, 15) is 9.59 Å². The van der Waals surface area contributed by atoms with E-state index in [1.165, 1.54) is 0 Å². The Morgan fingerprint density at radius 1 is 1.23 bits per heavy atom. The number of aryl methyl sites for hydroxylation is 1. The van der Waals surface area contributed by atoms with Gasteiger partial charge < -0.3 is 10.0 Å². The van der Waals surface area contributed by atoms with Crippen LogP contribution in [0.5, 0.6) is 0 Å². The van der Waals surface area contributed by atoms with Crippen LogP contribution in [0.3, 0.4) is 0 Å². The van der Waals surface area contributed by atoms with Gasteiger partial charge in [0.2, 0.25) is 0 Å². The van der Waals surface area contributed by atoms with Crippen LogP contribution >= 0.6 is 0 Å². The highest BCUT2D eigenvalue weighted by atomic mass is 16.4. The lowest BCUT2D eigenvalue weighted by molar-refractivity contribution is -0.136. The summed E-state index contributed by atoms with van der Waals surface area (Å²) in [5, 5.41) is 8.92. The van der Waals surface area contributed by atoms with Crippen LogP contribution in [0.1, 0.15) is 56.5 Å². The fourth-order valence-electron chi connectivity index (χ4n) is 2.41. The highest BCUT2D eigenvalue weighted by Crippen LogP contribution is 2.30. The average Bonchev–Trinajstić information content (AvgIpc) is 2.91. The summed E-state index contributed by atoms with van der Waals surface area (Å²) in [5.41, 5.74) is 3.58. The van der Waals surface area contributed by atoms with Crippen LogP contribution in [-0.2, 0) is 4.79 Å². The second-order valence-corrected chi connectivity index (χ2v) is 5.64. The number of nitrogens with zero attached hydrogens (tertiary/aromatic N) is 1. The molecule has 0 aliphatic carbocycles. The van der Waals surface area contributed by atoms with E-state index in [1.54, 1.807) is 17.9 Å². The van der Waals surface area contributed by atoms with Crippen molar-refractivity contribution < 1.29 is 14.7 Å². The third-order valence-electron chi connectivity index (χ3n) is 3.85. The van der Waals surface area contributed by atoms with Gasteiger partial charge in [-0.25, -0.2) is 0 Å². The van der Waals surface area contributed by atoms with Crippen LogP contribution in [0.25, 0.3) is 0 Å². The van der Waals surface area contributed by atoms with Gasteiger partial charge in [0.1, 0.15) is 0 Å². The van der Waals surface area contributed by atoms with Crippen molar-refractivity contribution in [2.45, 2.75) is 47.5 Å². The normalized spacial score (nSPS) is 12.7. The van der Waals surface area contributed by atoms with Gasteiger partial charge in [0.05, 0.1) is 13.0 Å². The SMILES string of the molecule is C=C1CN(C(=O)c2ccccc2C)C(C)=C1CC(=O)O.C=CCC.CC. The second-order valence-electron chi connectivity index (χ2n) is 5.64. The number of allylic oxidation sites excluding steroid dienone is 2. The van der Waals surface area contributed by atoms with E-state index in [4.69, 9.17) is 5.11 Å². The van der Waals surface area contributed by atoms with E-state index in [2.05, 4.69) is 20.1 Å². The molecule has 0 radical (unpaired) electrons. The van der Waals surface area contributed by atoms with Crippen molar-refractivity contribution >= 4 is 11.9 Å². The zero-order chi connectivity index (χ0) is 20.3. The number of benzene rings is 1. The van der Waals surface area contributed by atoms with Gasteiger partial charge in [0, 0.05) is 11.3 Å². The summed E-state index contributed by atoms with van der Waals surface area (Å²) in [7, 11) is 0. The molecule has 142 valence electrons. The molecular formula is C22H31NO3. The number of aliphatic carboxylic acids is 1. The molecule has 0 saturated carbocycles. The van der Waals surface area contributed by atoms with Crippen LogP contribution in [0.2, 0.25) is 0 Å². The molecule has 2 rings (SSSR count). The molecule has 0 saturated heterocycles. The van der Waals surface area contributed by atoms with Gasteiger partial charge >= 0.3 is 5.97 Å². The quantitative estimate of drug-likeness (QED) is 0.738. The topological polar surface area (TPSA) is 57.6 Å². The number of hydrogen-bond donors (Lipinski definition) is 1. The van der Waals surface area contributed by atoms with Crippen LogP contribution < -0.4 is 0 Å². The minimum absolute atomic E-state index is 0.0950. The van der Waals surface area contributed by atoms with Gasteiger partial charge in [-0.05, 0) is 43.0 Å². The third kappa shape index (κ3) is 6.36. The Kier molecular flexibility index (Phi) is 10.7. The maximum absolute atomic E-state index is 12.6. The van der Waals surface area contributed by atoms with E-state index in [1.807, 2.05) is 45.0 Å². The molecule has 1 aliphatic heterocycles. The first-order valence-corrected chi connectivity index (χ1v) is 8.91. The summed E-state index contributed by atoms with van der Waals surface area (Å²) in [6.07, 6.45) is 2.86. The van der Waals surface area contributed by atoms with E-state index in [0.29, 0.717) is 29.0 Å². The lowest BCUT2D eigenvalue weighted by atomic mass is 10.1. The Morgan fingerprint density at radius 3 is 2.23 bits per heavy atom. The Hall–Kier alpha value is -2.62. The first-order valence-electron chi connectivity index (χ1n) is 8.91. The minimum Gasteiger partial charge on any atom is -0.481 e. The van der Waals surface area contributed by atoms with E-state index in [0.717, 1.165) is 12.0 Å². The van der Waals surface area contributed by atoms with E-state index in [-0.39, 0.29) is 12.3 Å². The van der Waals surface area contributed by atoms with Crippen molar-refractivity contribution in [3.8, 4) is 0 Å². The number of amides is 1. The molecule has 0 aromatic heterocycles. The molecule has 0 fully saturated rings. The molecule has 0 unspecified atom stereocenters. The summed E-state index contributed by atoms with van der Waals surface area (Å²) in [4.78, 5) is 25.0. The largest absolute Gasteiger partial charge is 0.481 e. The lowest BCUT2D eigenvalue weighted by Gasteiger charge is -2.19. The molecule has 1 aromatic carbocycles. The number of rotatable bonds is 4. The maximum atomic E-state index is 12.6. The molecule has 1 heterocycles. The highest BCUT2D eigenvalue weighted by Gasteiger charge is 2.29. The van der Waals surface area contributed by atoms with Crippen molar-refractivity contribution in [3.05, 3.63) is 71.5 Å². The molecule has 0 spiro atoms. The maximum Gasteiger partial charge on any atom is 0.307 e. The summed E-state index contributed by atoms with van der Waals surface area (Å²) < 4.78 is 0. The van der Waals surface area contributed by atoms with Crippen LogP contribution in [0.4, 0.5) is 0 Å². The molecule has 0 atom stereocenters. The van der Waals surface area contributed by atoms with Gasteiger partial charge in [0.25, 0.3) is 5.91 Å². The Balaban J connectivity index is 0.000000920. The Morgan fingerprint density at radius 2 is 1.77 bits per heavy atom. The lowest BCUT2D eigenvalue weighted by Crippen LogP contribution is -2.27. The standard InChI is InChI=1S/C16H17NO3.C4H8.C2H6/c1-10-6-4-5-7-13(10)16(20)17-9-11(2)14(12(17)3)8-15(18)19;1-3-4-2;1-2/h4-7H,2,8-9H2,1,3H3,(H,18,19);3H,1,4H2,2H3;1-2H3. The Labute approximate surface area is 157 Å². The zero-order valence-corrected chi connectivity index (χ0v) is 16.6. The third-order valence-corrected chi connectivity index (χ3v) is 3.85. The van der Waals surface area contributed by atoms with Gasteiger partial charge in [0.15, 0.2) is 0 Å². The van der Waals surface area contributed by atoms with E-state index >= 15 is 0 Å². The summed E-state index contributed by atoms with van der Waals surface area (Å²) in [6, 6.07) is 7.37. The fraction of sp³-hybridized carbons (Fsp3) is 0.364. The molecule has 1 amide bonds. The monoisotopic (exact) mass is 357 g/mol. The first-order chi connectivity index (χ1) is 12.3. The highest BCUT2D eigenvalue weighted by molar-refractivity contribution is 5.97. The molecule has 4 heteroatoms. The number of carboxylic acid groups (broad SMARTS) is 1. The first kappa shape index (κ1) is 23.4. The second kappa shape index (κ2) is 11.9. The zero-order valence-electron chi connectivity index (χ0n) is 16.6. The van der Waals surface area contributed by atoms with E-state index < -0.39 is 5.97 Å². The number of carbonyl (C=O) groups excluding carboxylic acids is 1. The van der Waals surface area contributed by atoms with Crippen molar-refractivity contribution in [2.24, 2.45) is 0 Å². The van der Waals surface area contributed by atoms with Crippen LogP contribution in [0, 0.1) is 6.92 Å². The van der Waals surface area contributed by atoms with Crippen LogP contribution in [-0.4, -0.2) is 28.4 Å². The predicted molar refractivity (Wildman–Crippen MR) is 108 cm³/mol. The van der Waals surface area contributed by atoms with Crippen molar-refractivity contribution in [2.75, 3.05) is 6.54 Å². The smallest absolute Gasteiger partial charge is 0.307 e. The molecule has 4 nitrogen and oxygen atoms in total. The molecular weight excluding hydrogens is 326 g/mol. The number of carbonyl (C=O) groups is 2. The Bertz CT molecular complexity index is 686. The van der Waals surface area contributed by atoms with Crippen molar-refractivity contribution in [1.82, 2.24) is 4.90 Å². The minimum atomic E-state index is -0.911. The van der Waals surface area contributed by atoms with Gasteiger partial charge in [-0.3, -0.25) is 9.59 Å². The predicted octanol–water partition coefficient (Wildman–Crippen LogP) is 5.36. The summed E-state index contributed by atoms with van der Waals surface area (Å²) >= 11 is 0. The average molecular weight is 357 g/mol. The molecule has 1 aliphatic rings. The van der Waals surface area contributed by atoms with Gasteiger partial charge in [-0.15, -0.1) is 6.58 Å². The molecule has 26 heavy (non-hydrogen) atoms. The molecule has 0 bridgehead atoms. The fourth-order valence-corrected chi connectivity index (χ4v) is 2.41. The van der Waals surface area contributed by atoms with Crippen molar-refractivity contribution in [3.63, 3.8) is 0 Å². The van der Waals surface area contributed by atoms with Crippen LogP contribution in [0.15, 0.2) is 60.3 Å². The summed E-state index contributed by atoms with van der Waals surface area (Å²) in [6.45, 7) is 17.4. The van der Waals surface area contributed by atoms with Gasteiger partial charge in [-0.2, -0.15) is 0 Å². The van der Waals surface area contributed by atoms with Gasteiger partial charge in [-0.1, -0.05) is 51.6 Å². The molecule has 1 N–H and O–H groups in total.